The molecule has 27 heavy (non-hydrogen) atoms. The Hall–Kier alpha value is -2.39. The number of hydrogen-bond acceptors (Lipinski definition) is 7. The van der Waals surface area contributed by atoms with Crippen LogP contribution in [0.1, 0.15) is 28.1 Å². The number of aryl methyl sites for hydroxylation is 1. The molecule has 0 saturated heterocycles. The van der Waals surface area contributed by atoms with Gasteiger partial charge in [-0.05, 0) is 32.2 Å². The van der Waals surface area contributed by atoms with Crippen LogP contribution in [-0.4, -0.2) is 39.3 Å². The fraction of sp³-hybridized carbons (Fsp3) is 0.333. The number of carbonyl (C=O) groups excluding carboxylic acids is 2. The zero-order chi connectivity index (χ0) is 19.4. The Bertz CT molecular complexity index is 980. The number of ether oxygens (including phenoxy) is 1. The number of thiazole rings is 1. The monoisotopic (exact) mass is 404 g/mol. The minimum Gasteiger partial charge on any atom is -0.462 e. The Morgan fingerprint density at radius 1 is 1.30 bits per heavy atom. The van der Waals surface area contributed by atoms with E-state index in [-0.39, 0.29) is 12.5 Å². The van der Waals surface area contributed by atoms with Crippen molar-refractivity contribution in [2.45, 2.75) is 26.1 Å². The number of nitrogens with zero attached hydrogens (tertiary/aromatic N) is 3. The zero-order valence-corrected chi connectivity index (χ0v) is 16.9. The third kappa shape index (κ3) is 4.30. The van der Waals surface area contributed by atoms with Crippen molar-refractivity contribution in [2.24, 2.45) is 0 Å². The first-order valence-corrected chi connectivity index (χ1v) is 10.6. The molecule has 2 heterocycles. The predicted molar refractivity (Wildman–Crippen MR) is 108 cm³/mol. The standard InChI is InChI=1S/C18H20N4O3S2/c1-4-25-17(24)16-11(2)19-18(27-16)21-15(23)9-22-13-8-6-5-7-12(13)20-14(22)10-26-3/h5-8H,4,9-10H2,1-3H3,(H,19,21,23). The smallest absolute Gasteiger partial charge is 0.350 e. The molecule has 0 spiro atoms. The molecule has 0 radical (unpaired) electrons. The number of hydrogen-bond donors (Lipinski definition) is 1. The van der Waals surface area contributed by atoms with E-state index >= 15 is 0 Å². The third-order valence-corrected chi connectivity index (χ3v) is 5.41. The van der Waals surface area contributed by atoms with Crippen molar-refractivity contribution in [3.63, 3.8) is 0 Å². The largest absolute Gasteiger partial charge is 0.462 e. The highest BCUT2D eigenvalue weighted by Crippen LogP contribution is 2.24. The van der Waals surface area contributed by atoms with E-state index in [1.165, 1.54) is 0 Å². The molecule has 3 aromatic rings. The van der Waals surface area contributed by atoms with Gasteiger partial charge in [0.2, 0.25) is 5.91 Å². The zero-order valence-electron chi connectivity index (χ0n) is 15.3. The molecule has 1 aromatic carbocycles. The average molecular weight is 405 g/mol. The summed E-state index contributed by atoms with van der Waals surface area (Å²) in [5.41, 5.74) is 2.33. The van der Waals surface area contributed by atoms with Gasteiger partial charge in [-0.3, -0.25) is 4.79 Å². The highest BCUT2D eigenvalue weighted by molar-refractivity contribution is 7.97. The van der Waals surface area contributed by atoms with Crippen LogP contribution in [0.15, 0.2) is 24.3 Å². The maximum absolute atomic E-state index is 12.6. The Morgan fingerprint density at radius 3 is 2.81 bits per heavy atom. The molecule has 0 bridgehead atoms. The van der Waals surface area contributed by atoms with Crippen LogP contribution in [0.2, 0.25) is 0 Å². The summed E-state index contributed by atoms with van der Waals surface area (Å²) < 4.78 is 6.92. The topological polar surface area (TPSA) is 86.1 Å². The van der Waals surface area contributed by atoms with Crippen molar-refractivity contribution in [1.82, 2.24) is 14.5 Å². The van der Waals surface area contributed by atoms with Crippen LogP contribution in [0.3, 0.4) is 0 Å². The van der Waals surface area contributed by atoms with Crippen LogP contribution in [-0.2, 0) is 21.8 Å². The second-order valence-corrected chi connectivity index (χ2v) is 7.60. The molecule has 2 aromatic heterocycles. The Balaban J connectivity index is 1.79. The molecule has 1 amide bonds. The van der Waals surface area contributed by atoms with Crippen molar-refractivity contribution in [3.05, 3.63) is 40.7 Å². The first-order chi connectivity index (χ1) is 13.0. The Kier molecular flexibility index (Phi) is 6.12. The number of benzene rings is 1. The lowest BCUT2D eigenvalue weighted by Gasteiger charge is -2.08. The molecule has 142 valence electrons. The van der Waals surface area contributed by atoms with Gasteiger partial charge in [-0.1, -0.05) is 23.5 Å². The summed E-state index contributed by atoms with van der Waals surface area (Å²) in [4.78, 5) is 33.8. The first-order valence-electron chi connectivity index (χ1n) is 8.41. The molecule has 1 N–H and O–H groups in total. The van der Waals surface area contributed by atoms with Crippen molar-refractivity contribution in [3.8, 4) is 0 Å². The van der Waals surface area contributed by atoms with Crippen molar-refractivity contribution in [2.75, 3.05) is 18.2 Å². The molecule has 9 heteroatoms. The van der Waals surface area contributed by atoms with Gasteiger partial charge in [0.05, 0.1) is 29.1 Å². The van der Waals surface area contributed by atoms with Gasteiger partial charge in [-0.25, -0.2) is 14.8 Å². The Morgan fingerprint density at radius 2 is 2.07 bits per heavy atom. The van der Waals surface area contributed by atoms with Crippen LogP contribution in [0.25, 0.3) is 11.0 Å². The number of anilines is 1. The fourth-order valence-electron chi connectivity index (χ4n) is 2.68. The van der Waals surface area contributed by atoms with E-state index < -0.39 is 5.97 Å². The van der Waals surface area contributed by atoms with Crippen LogP contribution in [0.5, 0.6) is 0 Å². The van der Waals surface area contributed by atoms with E-state index in [1.807, 2.05) is 35.1 Å². The molecule has 0 aliphatic rings. The number of nitrogens with one attached hydrogen (secondary N) is 1. The van der Waals surface area contributed by atoms with Gasteiger partial charge in [0.15, 0.2) is 5.13 Å². The first kappa shape index (κ1) is 19.4. The van der Waals surface area contributed by atoms with Gasteiger partial charge in [-0.15, -0.1) is 0 Å². The molecule has 0 fully saturated rings. The lowest BCUT2D eigenvalue weighted by Crippen LogP contribution is -2.20. The summed E-state index contributed by atoms with van der Waals surface area (Å²) in [5, 5.41) is 3.16. The van der Waals surface area contributed by atoms with E-state index in [9.17, 15) is 9.59 Å². The maximum atomic E-state index is 12.6. The molecular formula is C18H20N4O3S2. The molecule has 0 aliphatic carbocycles. The average Bonchev–Trinajstić information content (AvgIpc) is 3.16. The summed E-state index contributed by atoms with van der Waals surface area (Å²) in [5.74, 6) is 0.924. The van der Waals surface area contributed by atoms with Crippen molar-refractivity contribution < 1.29 is 14.3 Å². The molecule has 0 aliphatic heterocycles. The molecule has 0 unspecified atom stereocenters. The number of imidazole rings is 1. The highest BCUT2D eigenvalue weighted by Gasteiger charge is 2.19. The van der Waals surface area contributed by atoms with Crippen molar-refractivity contribution >= 4 is 51.1 Å². The molecule has 3 rings (SSSR count). The number of esters is 1. The van der Waals surface area contributed by atoms with Crippen LogP contribution in [0, 0.1) is 6.92 Å². The summed E-state index contributed by atoms with van der Waals surface area (Å²) in [6.45, 7) is 3.89. The maximum Gasteiger partial charge on any atom is 0.350 e. The second-order valence-electron chi connectivity index (χ2n) is 5.74. The van der Waals surface area contributed by atoms with Crippen LogP contribution < -0.4 is 5.32 Å². The number of rotatable bonds is 7. The van der Waals surface area contributed by atoms with E-state index in [1.54, 1.807) is 25.6 Å². The summed E-state index contributed by atoms with van der Waals surface area (Å²) in [7, 11) is 0. The van der Waals surface area contributed by atoms with Gasteiger partial charge in [0, 0.05) is 0 Å². The van der Waals surface area contributed by atoms with Crippen molar-refractivity contribution in [1.29, 1.82) is 0 Å². The van der Waals surface area contributed by atoms with E-state index in [0.29, 0.717) is 28.1 Å². The van der Waals surface area contributed by atoms with Crippen LogP contribution >= 0.6 is 23.1 Å². The minimum absolute atomic E-state index is 0.129. The normalized spacial score (nSPS) is 10.9. The SMILES string of the molecule is CCOC(=O)c1sc(NC(=O)Cn2c(CSC)nc3ccccc32)nc1C. The number of thioether (sulfide) groups is 1. The van der Waals surface area contributed by atoms with E-state index in [4.69, 9.17) is 4.74 Å². The molecule has 0 atom stereocenters. The highest BCUT2D eigenvalue weighted by atomic mass is 32.2. The van der Waals surface area contributed by atoms with Gasteiger partial charge in [0.25, 0.3) is 0 Å². The number of amides is 1. The number of aromatic nitrogens is 3. The van der Waals surface area contributed by atoms with Gasteiger partial charge in [-0.2, -0.15) is 11.8 Å². The summed E-state index contributed by atoms with van der Waals surface area (Å²) in [6.07, 6.45) is 2.00. The van der Waals surface area contributed by atoms with E-state index in [0.717, 1.165) is 28.2 Å². The molecule has 0 saturated carbocycles. The lowest BCUT2D eigenvalue weighted by molar-refractivity contribution is -0.116. The predicted octanol–water partition coefficient (Wildman–Crippen LogP) is 3.48. The second kappa shape index (κ2) is 8.53. The van der Waals surface area contributed by atoms with E-state index in [2.05, 4.69) is 15.3 Å². The summed E-state index contributed by atoms with van der Waals surface area (Å²) >= 11 is 2.77. The summed E-state index contributed by atoms with van der Waals surface area (Å²) in [6, 6.07) is 7.74. The van der Waals surface area contributed by atoms with Gasteiger partial charge < -0.3 is 14.6 Å². The quantitative estimate of drug-likeness (QED) is 0.607. The number of fused-ring (bicyclic) bond motifs is 1. The van der Waals surface area contributed by atoms with Crippen LogP contribution in [0.4, 0.5) is 5.13 Å². The fourth-order valence-corrected chi connectivity index (χ4v) is 4.03. The lowest BCUT2D eigenvalue weighted by atomic mass is 10.3. The van der Waals surface area contributed by atoms with Gasteiger partial charge in [0.1, 0.15) is 17.2 Å². The van der Waals surface area contributed by atoms with Gasteiger partial charge >= 0.3 is 5.97 Å². The minimum atomic E-state index is -0.421. The Labute approximate surface area is 165 Å². The molecular weight excluding hydrogens is 384 g/mol. The molecule has 7 nitrogen and oxygen atoms in total. The number of para-hydroxylation sites is 2. The number of carbonyl (C=O) groups is 2. The third-order valence-electron chi connectivity index (χ3n) is 3.81.